The van der Waals surface area contributed by atoms with Gasteiger partial charge in [0.2, 0.25) is 11.7 Å². The summed E-state index contributed by atoms with van der Waals surface area (Å²) in [5.74, 6) is -5.50. The van der Waals surface area contributed by atoms with E-state index in [1.807, 2.05) is 19.1 Å². The third-order valence-corrected chi connectivity index (χ3v) is 5.05. The molecule has 0 atom stereocenters. The third-order valence-electron chi connectivity index (χ3n) is 5.05. The smallest absolute Gasteiger partial charge is 0.203 e. The number of hydrogen-bond donors (Lipinski definition) is 0. The molecule has 3 rings (SSSR count). The molecule has 0 spiro atoms. The van der Waals surface area contributed by atoms with Crippen molar-refractivity contribution in [2.24, 2.45) is 0 Å². The van der Waals surface area contributed by atoms with Gasteiger partial charge in [-0.1, -0.05) is 79.4 Å². The first-order valence-corrected chi connectivity index (χ1v) is 9.98. The van der Waals surface area contributed by atoms with Gasteiger partial charge in [0, 0.05) is 11.1 Å². The minimum atomic E-state index is -1.32. The molecule has 0 aliphatic heterocycles. The van der Waals surface area contributed by atoms with Crippen LogP contribution in [-0.4, -0.2) is 7.11 Å². The monoisotopic (exact) mass is 454 g/mol. The first-order valence-electron chi connectivity index (χ1n) is 9.98. The summed E-state index contributed by atoms with van der Waals surface area (Å²) in [6, 6.07) is 16.6. The highest BCUT2D eigenvalue weighted by molar-refractivity contribution is 5.72. The summed E-state index contributed by atoms with van der Waals surface area (Å²) in [5, 5.41) is 0. The Labute approximate surface area is 190 Å². The van der Waals surface area contributed by atoms with Crippen molar-refractivity contribution in [2.45, 2.75) is 13.5 Å². The molecule has 2 nitrogen and oxygen atoms in total. The number of aryl methyl sites for hydroxylation is 1. The summed E-state index contributed by atoms with van der Waals surface area (Å²) in [6.45, 7) is 8.38. The Morgan fingerprint density at radius 1 is 0.727 bits per heavy atom. The van der Waals surface area contributed by atoms with Crippen LogP contribution in [0, 0.1) is 18.6 Å². The van der Waals surface area contributed by atoms with Gasteiger partial charge in [-0.25, -0.2) is 8.78 Å². The standard InChI is InChI=1S/C27H22F4O2/c1-16-5-9-20(10-6-16)22-13-14-23(27(31)26(22)30)21-11-7-19(8-12-21)15-33-18(3)25(29)24(28)17(2)32-4/h5-14H,2-3,15H2,1,4H3/b25-24-. The lowest BCUT2D eigenvalue weighted by Crippen LogP contribution is -1.97. The minimum Gasteiger partial charge on any atom is -0.494 e. The fraction of sp³-hybridized carbons (Fsp3) is 0.111. The average Bonchev–Trinajstić information content (AvgIpc) is 2.83. The Morgan fingerprint density at radius 2 is 1.18 bits per heavy atom. The van der Waals surface area contributed by atoms with E-state index in [4.69, 9.17) is 4.74 Å². The second kappa shape index (κ2) is 10.2. The van der Waals surface area contributed by atoms with E-state index in [0.29, 0.717) is 16.7 Å². The molecule has 0 amide bonds. The molecule has 0 saturated heterocycles. The number of rotatable bonds is 8. The zero-order valence-electron chi connectivity index (χ0n) is 18.2. The van der Waals surface area contributed by atoms with Gasteiger partial charge >= 0.3 is 0 Å². The van der Waals surface area contributed by atoms with Crippen molar-refractivity contribution in [3.05, 3.63) is 120 Å². The fourth-order valence-corrected chi connectivity index (χ4v) is 3.08. The molecule has 0 radical (unpaired) electrons. The molecule has 3 aromatic carbocycles. The topological polar surface area (TPSA) is 18.5 Å². The lowest BCUT2D eigenvalue weighted by atomic mass is 9.98. The van der Waals surface area contributed by atoms with Crippen molar-refractivity contribution in [3.8, 4) is 22.3 Å². The van der Waals surface area contributed by atoms with Gasteiger partial charge in [0.15, 0.2) is 23.2 Å². The maximum atomic E-state index is 14.8. The van der Waals surface area contributed by atoms with Crippen LogP contribution in [0.5, 0.6) is 0 Å². The third kappa shape index (κ3) is 5.34. The van der Waals surface area contributed by atoms with Gasteiger partial charge < -0.3 is 9.47 Å². The van der Waals surface area contributed by atoms with Gasteiger partial charge in [-0.15, -0.1) is 0 Å². The summed E-state index contributed by atoms with van der Waals surface area (Å²) < 4.78 is 66.9. The molecule has 0 bridgehead atoms. The van der Waals surface area contributed by atoms with Crippen LogP contribution in [0.4, 0.5) is 17.6 Å². The summed E-state index contributed by atoms with van der Waals surface area (Å²) in [5.41, 5.74) is 2.94. The molecule has 33 heavy (non-hydrogen) atoms. The highest BCUT2D eigenvalue weighted by Gasteiger charge is 2.17. The zero-order chi connectivity index (χ0) is 24.1. The second-order valence-electron chi connectivity index (χ2n) is 7.32. The fourth-order valence-electron chi connectivity index (χ4n) is 3.08. The Hall–Kier alpha value is -3.80. The number of halogens is 4. The molecule has 170 valence electrons. The molecule has 0 aromatic heterocycles. The van der Waals surface area contributed by atoms with Crippen molar-refractivity contribution < 1.29 is 27.0 Å². The van der Waals surface area contributed by atoms with E-state index in [-0.39, 0.29) is 17.7 Å². The SMILES string of the molecule is C=C(OC)/C(F)=C(/F)C(=C)OCc1ccc(-c2ccc(-c3ccc(C)cc3)c(F)c2F)cc1. The summed E-state index contributed by atoms with van der Waals surface area (Å²) >= 11 is 0. The molecule has 0 saturated carbocycles. The Morgan fingerprint density at radius 3 is 1.67 bits per heavy atom. The summed E-state index contributed by atoms with van der Waals surface area (Å²) in [6.07, 6.45) is 0. The lowest BCUT2D eigenvalue weighted by Gasteiger charge is -2.11. The van der Waals surface area contributed by atoms with Crippen LogP contribution in [0.25, 0.3) is 22.3 Å². The average molecular weight is 454 g/mol. The Kier molecular flexibility index (Phi) is 7.38. The van der Waals surface area contributed by atoms with E-state index in [1.54, 1.807) is 36.4 Å². The second-order valence-corrected chi connectivity index (χ2v) is 7.32. The Bertz CT molecular complexity index is 1210. The number of methoxy groups -OCH3 is 1. The van der Waals surface area contributed by atoms with Crippen molar-refractivity contribution in [3.63, 3.8) is 0 Å². The summed E-state index contributed by atoms with van der Waals surface area (Å²) in [4.78, 5) is 0. The van der Waals surface area contributed by atoms with E-state index in [0.717, 1.165) is 12.7 Å². The number of hydrogen-bond acceptors (Lipinski definition) is 2. The number of allylic oxidation sites excluding steroid dienone is 2. The van der Waals surface area contributed by atoms with Crippen LogP contribution >= 0.6 is 0 Å². The molecular formula is C27H22F4O2. The van der Waals surface area contributed by atoms with Crippen LogP contribution in [0.15, 0.2) is 97.0 Å². The van der Waals surface area contributed by atoms with E-state index in [2.05, 4.69) is 17.9 Å². The van der Waals surface area contributed by atoms with Gasteiger partial charge in [0.25, 0.3) is 0 Å². The van der Waals surface area contributed by atoms with E-state index >= 15 is 0 Å². The van der Waals surface area contributed by atoms with Gasteiger partial charge in [0.05, 0.1) is 7.11 Å². The van der Waals surface area contributed by atoms with Crippen LogP contribution in [-0.2, 0) is 16.1 Å². The first-order chi connectivity index (χ1) is 15.7. The number of benzene rings is 3. The maximum absolute atomic E-state index is 14.8. The van der Waals surface area contributed by atoms with Crippen molar-refractivity contribution in [1.29, 1.82) is 0 Å². The van der Waals surface area contributed by atoms with Crippen molar-refractivity contribution in [2.75, 3.05) is 7.11 Å². The minimum absolute atomic E-state index is 0.106. The molecule has 0 aliphatic carbocycles. The predicted octanol–water partition coefficient (Wildman–Crippen LogP) is 7.95. The molecular weight excluding hydrogens is 432 g/mol. The summed E-state index contributed by atoms with van der Waals surface area (Å²) in [7, 11) is 1.16. The van der Waals surface area contributed by atoms with Crippen LogP contribution in [0.2, 0.25) is 0 Å². The van der Waals surface area contributed by atoms with Gasteiger partial charge in [-0.2, -0.15) is 8.78 Å². The maximum Gasteiger partial charge on any atom is 0.203 e. The van der Waals surface area contributed by atoms with Gasteiger partial charge in [-0.05, 0) is 23.6 Å². The van der Waals surface area contributed by atoms with Crippen molar-refractivity contribution >= 4 is 0 Å². The van der Waals surface area contributed by atoms with E-state index < -0.39 is 34.8 Å². The van der Waals surface area contributed by atoms with Gasteiger partial charge in [-0.3, -0.25) is 0 Å². The molecule has 0 aliphatic rings. The first kappa shape index (κ1) is 23.9. The van der Waals surface area contributed by atoms with Gasteiger partial charge in [0.1, 0.15) is 6.61 Å². The highest BCUT2D eigenvalue weighted by Crippen LogP contribution is 2.32. The Balaban J connectivity index is 1.75. The van der Waals surface area contributed by atoms with Crippen molar-refractivity contribution in [1.82, 2.24) is 0 Å². The lowest BCUT2D eigenvalue weighted by molar-refractivity contribution is 0.192. The number of ether oxygens (including phenoxy) is 2. The predicted molar refractivity (Wildman–Crippen MR) is 121 cm³/mol. The largest absolute Gasteiger partial charge is 0.494 e. The zero-order valence-corrected chi connectivity index (χ0v) is 18.2. The quantitative estimate of drug-likeness (QED) is 0.195. The van der Waals surface area contributed by atoms with Crippen LogP contribution in [0.1, 0.15) is 11.1 Å². The molecule has 0 N–H and O–H groups in total. The van der Waals surface area contributed by atoms with E-state index in [9.17, 15) is 17.6 Å². The molecule has 0 fully saturated rings. The molecule has 3 aromatic rings. The highest BCUT2D eigenvalue weighted by atomic mass is 19.2. The molecule has 6 heteroatoms. The molecule has 0 unspecified atom stereocenters. The molecule has 0 heterocycles. The van der Waals surface area contributed by atoms with E-state index in [1.165, 1.54) is 12.1 Å². The van der Waals surface area contributed by atoms with Crippen LogP contribution < -0.4 is 0 Å². The normalized spacial score (nSPS) is 11.6. The van der Waals surface area contributed by atoms with Crippen LogP contribution in [0.3, 0.4) is 0 Å².